The van der Waals surface area contributed by atoms with E-state index in [1.54, 1.807) is 0 Å². The van der Waals surface area contributed by atoms with Crippen molar-refractivity contribution in [3.8, 4) is 0 Å². The van der Waals surface area contributed by atoms with Crippen molar-refractivity contribution < 1.29 is 9.53 Å². The average molecular weight is 211 g/mol. The molecule has 0 bridgehead atoms. The maximum Gasteiger partial charge on any atom is 0.309 e. The predicted octanol–water partition coefficient (Wildman–Crippen LogP) is 1.70. The van der Waals surface area contributed by atoms with Gasteiger partial charge in [0.1, 0.15) is 5.60 Å². The second-order valence-electron chi connectivity index (χ2n) is 6.03. The number of ether oxygens (including phenoxy) is 1. The van der Waals surface area contributed by atoms with Crippen LogP contribution in [0.4, 0.5) is 0 Å². The monoisotopic (exact) mass is 211 g/mol. The molecule has 3 heteroatoms. The first-order chi connectivity index (χ1) is 6.87. The van der Waals surface area contributed by atoms with E-state index in [4.69, 9.17) is 10.5 Å². The summed E-state index contributed by atoms with van der Waals surface area (Å²) >= 11 is 0. The Balaban J connectivity index is 1.88. The summed E-state index contributed by atoms with van der Waals surface area (Å²) in [6.07, 6.45) is 3.04. The minimum atomic E-state index is -0.360. The van der Waals surface area contributed by atoms with Crippen molar-refractivity contribution in [1.82, 2.24) is 0 Å². The fourth-order valence-corrected chi connectivity index (χ4v) is 2.86. The molecule has 0 spiro atoms. The minimum absolute atomic E-state index is 0.0240. The van der Waals surface area contributed by atoms with Crippen molar-refractivity contribution >= 4 is 5.97 Å². The topological polar surface area (TPSA) is 52.3 Å². The average Bonchev–Trinajstić information content (AvgIpc) is 2.39. The second kappa shape index (κ2) is 3.48. The van der Waals surface area contributed by atoms with Crippen LogP contribution in [0.25, 0.3) is 0 Å². The van der Waals surface area contributed by atoms with Gasteiger partial charge < -0.3 is 10.5 Å². The molecule has 4 unspecified atom stereocenters. The molecule has 2 aliphatic rings. The largest absolute Gasteiger partial charge is 0.460 e. The zero-order valence-corrected chi connectivity index (χ0v) is 9.82. The van der Waals surface area contributed by atoms with Gasteiger partial charge in [0, 0.05) is 6.04 Å². The smallest absolute Gasteiger partial charge is 0.309 e. The number of hydrogen-bond acceptors (Lipinski definition) is 3. The number of carbonyl (C=O) groups excluding carboxylic acids is 1. The second-order valence-corrected chi connectivity index (χ2v) is 6.03. The van der Waals surface area contributed by atoms with E-state index in [-0.39, 0.29) is 17.5 Å². The van der Waals surface area contributed by atoms with Gasteiger partial charge in [-0.05, 0) is 51.9 Å². The van der Waals surface area contributed by atoms with Crippen LogP contribution in [-0.4, -0.2) is 17.6 Å². The van der Waals surface area contributed by atoms with Crippen LogP contribution in [0.3, 0.4) is 0 Å². The van der Waals surface area contributed by atoms with Gasteiger partial charge in [-0.1, -0.05) is 0 Å². The number of rotatable bonds is 1. The Hall–Kier alpha value is -0.570. The Morgan fingerprint density at radius 1 is 1.27 bits per heavy atom. The van der Waals surface area contributed by atoms with Gasteiger partial charge in [0.05, 0.1) is 5.92 Å². The van der Waals surface area contributed by atoms with E-state index in [1.165, 1.54) is 0 Å². The highest BCUT2D eigenvalue weighted by atomic mass is 16.6. The summed E-state index contributed by atoms with van der Waals surface area (Å²) in [5.41, 5.74) is 5.54. The fourth-order valence-electron chi connectivity index (χ4n) is 2.86. The third-order valence-electron chi connectivity index (χ3n) is 3.61. The lowest BCUT2D eigenvalue weighted by Gasteiger charge is -2.37. The van der Waals surface area contributed by atoms with Gasteiger partial charge >= 0.3 is 5.97 Å². The first kappa shape index (κ1) is 10.9. The minimum Gasteiger partial charge on any atom is -0.460 e. The van der Waals surface area contributed by atoms with E-state index in [0.717, 1.165) is 19.3 Å². The molecular formula is C12H21NO2. The summed E-state index contributed by atoms with van der Waals surface area (Å²) in [4.78, 5) is 11.8. The first-order valence-corrected chi connectivity index (χ1v) is 5.85. The number of carbonyl (C=O) groups is 1. The van der Waals surface area contributed by atoms with E-state index < -0.39 is 0 Å². The van der Waals surface area contributed by atoms with Crippen LogP contribution < -0.4 is 5.73 Å². The summed E-state index contributed by atoms with van der Waals surface area (Å²) in [5, 5.41) is 0. The van der Waals surface area contributed by atoms with Crippen molar-refractivity contribution in [2.75, 3.05) is 0 Å². The Bertz CT molecular complexity index is 269. The summed E-state index contributed by atoms with van der Waals surface area (Å²) < 4.78 is 5.40. The molecule has 0 radical (unpaired) electrons. The molecule has 0 saturated heterocycles. The van der Waals surface area contributed by atoms with Crippen molar-refractivity contribution in [1.29, 1.82) is 0 Å². The van der Waals surface area contributed by atoms with E-state index in [9.17, 15) is 4.79 Å². The lowest BCUT2D eigenvalue weighted by atomic mass is 9.72. The Morgan fingerprint density at radius 2 is 1.93 bits per heavy atom. The van der Waals surface area contributed by atoms with Crippen molar-refractivity contribution in [3.63, 3.8) is 0 Å². The molecule has 4 atom stereocenters. The third-order valence-corrected chi connectivity index (χ3v) is 3.61. The van der Waals surface area contributed by atoms with Crippen molar-refractivity contribution in [2.45, 2.75) is 51.7 Å². The molecule has 0 heterocycles. The van der Waals surface area contributed by atoms with Gasteiger partial charge in [-0.15, -0.1) is 0 Å². The van der Waals surface area contributed by atoms with E-state index >= 15 is 0 Å². The summed E-state index contributed by atoms with van der Waals surface area (Å²) in [5.74, 6) is 1.36. The lowest BCUT2D eigenvalue weighted by Crippen LogP contribution is -2.44. The van der Waals surface area contributed by atoms with Crippen LogP contribution in [0.5, 0.6) is 0 Å². The molecule has 0 aliphatic heterocycles. The predicted molar refractivity (Wildman–Crippen MR) is 58.1 cm³/mol. The Morgan fingerprint density at radius 3 is 2.40 bits per heavy atom. The van der Waals surface area contributed by atoms with E-state index in [2.05, 4.69) is 0 Å². The highest BCUT2D eigenvalue weighted by Crippen LogP contribution is 2.49. The number of esters is 1. The van der Waals surface area contributed by atoms with Crippen LogP contribution in [0.15, 0.2) is 0 Å². The Kier molecular flexibility index (Phi) is 2.53. The molecule has 2 N–H and O–H groups in total. The molecule has 3 nitrogen and oxygen atoms in total. The van der Waals surface area contributed by atoms with Gasteiger partial charge in [-0.25, -0.2) is 0 Å². The maximum absolute atomic E-state index is 11.8. The van der Waals surface area contributed by atoms with Crippen LogP contribution in [-0.2, 0) is 9.53 Å². The van der Waals surface area contributed by atoms with Crippen LogP contribution in [0, 0.1) is 17.8 Å². The molecule has 0 amide bonds. The van der Waals surface area contributed by atoms with Crippen LogP contribution in [0.1, 0.15) is 40.0 Å². The van der Waals surface area contributed by atoms with Gasteiger partial charge in [0.15, 0.2) is 0 Å². The number of nitrogens with two attached hydrogens (primary N) is 1. The highest BCUT2D eigenvalue weighted by molar-refractivity contribution is 5.73. The molecule has 15 heavy (non-hydrogen) atoms. The van der Waals surface area contributed by atoms with Gasteiger partial charge in [0.2, 0.25) is 0 Å². The number of hydrogen-bond donors (Lipinski definition) is 1. The highest BCUT2D eigenvalue weighted by Gasteiger charge is 2.48. The zero-order chi connectivity index (χ0) is 11.2. The quantitative estimate of drug-likeness (QED) is 0.672. The van der Waals surface area contributed by atoms with Gasteiger partial charge in [-0.3, -0.25) is 4.79 Å². The molecule has 2 aliphatic carbocycles. The maximum atomic E-state index is 11.8. The fraction of sp³-hybridized carbons (Fsp3) is 0.917. The molecule has 2 rings (SSSR count). The van der Waals surface area contributed by atoms with Crippen LogP contribution >= 0.6 is 0 Å². The summed E-state index contributed by atoms with van der Waals surface area (Å²) in [6, 6.07) is 0.336. The SMILES string of the molecule is CC(C)(C)OC(=O)C1CC2CC(N)C2C1. The standard InChI is InChI=1S/C12H21NO2/c1-12(2,3)15-11(14)8-4-7-6-10(13)9(7)5-8/h7-10H,4-6,13H2,1-3H3. The summed E-state index contributed by atoms with van der Waals surface area (Å²) in [6.45, 7) is 5.75. The molecule has 0 aromatic heterocycles. The lowest BCUT2D eigenvalue weighted by molar-refractivity contribution is -0.159. The van der Waals surface area contributed by atoms with Crippen molar-refractivity contribution in [3.05, 3.63) is 0 Å². The third kappa shape index (κ3) is 2.17. The van der Waals surface area contributed by atoms with Gasteiger partial charge in [0.25, 0.3) is 0 Å². The number of fused-ring (bicyclic) bond motifs is 1. The summed E-state index contributed by atoms with van der Waals surface area (Å²) in [7, 11) is 0. The molecular weight excluding hydrogens is 190 g/mol. The first-order valence-electron chi connectivity index (χ1n) is 5.85. The normalized spacial score (nSPS) is 39.5. The molecule has 2 saturated carbocycles. The molecule has 0 aromatic rings. The molecule has 2 fully saturated rings. The molecule has 86 valence electrons. The Labute approximate surface area is 91.4 Å². The zero-order valence-electron chi connectivity index (χ0n) is 9.82. The van der Waals surface area contributed by atoms with E-state index in [1.807, 2.05) is 20.8 Å². The van der Waals surface area contributed by atoms with E-state index in [0.29, 0.717) is 17.9 Å². The van der Waals surface area contributed by atoms with Crippen molar-refractivity contribution in [2.24, 2.45) is 23.5 Å². The van der Waals surface area contributed by atoms with Gasteiger partial charge in [-0.2, -0.15) is 0 Å². The molecule has 0 aromatic carbocycles. The van der Waals surface area contributed by atoms with Crippen LogP contribution in [0.2, 0.25) is 0 Å².